The summed E-state index contributed by atoms with van der Waals surface area (Å²) in [5.74, 6) is -1.27. The smallest absolute Gasteiger partial charge is 0.183 e. The van der Waals surface area contributed by atoms with Crippen LogP contribution in [0.15, 0.2) is 12.1 Å². The molecule has 4 N–H and O–H groups in total. The third-order valence-electron chi connectivity index (χ3n) is 4.33. The molecule has 0 aliphatic heterocycles. The van der Waals surface area contributed by atoms with E-state index in [1.807, 2.05) is 0 Å². The standard InChI is InChI=1S/C15H22F2N2O/c1-2-10-5-7-15(20,8-6-10)9-19-14-12(18)4-3-11(16)13(14)17/h3-4,10,19-20H,2,5-9,18H2,1H3. The lowest BCUT2D eigenvalue weighted by Crippen LogP contribution is -2.40. The normalized spacial score (nSPS) is 26.5. The minimum atomic E-state index is -0.990. The predicted octanol–water partition coefficient (Wildman–Crippen LogP) is 3.29. The number of nitrogens with one attached hydrogen (secondary N) is 1. The van der Waals surface area contributed by atoms with E-state index >= 15 is 0 Å². The van der Waals surface area contributed by atoms with Crippen LogP contribution in [0, 0.1) is 17.6 Å². The lowest BCUT2D eigenvalue weighted by Gasteiger charge is -2.36. The summed E-state index contributed by atoms with van der Waals surface area (Å²) >= 11 is 0. The van der Waals surface area contributed by atoms with Crippen LogP contribution in [0.4, 0.5) is 20.2 Å². The van der Waals surface area contributed by atoms with Crippen LogP contribution in [0.5, 0.6) is 0 Å². The molecule has 1 aromatic carbocycles. The van der Waals surface area contributed by atoms with Crippen molar-refractivity contribution in [3.63, 3.8) is 0 Å². The lowest BCUT2D eigenvalue weighted by molar-refractivity contribution is 0.00225. The van der Waals surface area contributed by atoms with Gasteiger partial charge in [0.25, 0.3) is 0 Å². The second kappa shape index (κ2) is 5.95. The Morgan fingerprint density at radius 2 is 2.00 bits per heavy atom. The van der Waals surface area contributed by atoms with Gasteiger partial charge in [-0.3, -0.25) is 0 Å². The molecule has 0 atom stereocenters. The van der Waals surface area contributed by atoms with E-state index in [1.165, 1.54) is 6.07 Å². The van der Waals surface area contributed by atoms with Crippen molar-refractivity contribution in [2.24, 2.45) is 5.92 Å². The van der Waals surface area contributed by atoms with Gasteiger partial charge in [0.05, 0.1) is 17.0 Å². The fourth-order valence-electron chi connectivity index (χ4n) is 2.80. The molecule has 20 heavy (non-hydrogen) atoms. The van der Waals surface area contributed by atoms with Gasteiger partial charge in [-0.1, -0.05) is 13.3 Å². The van der Waals surface area contributed by atoms with Gasteiger partial charge < -0.3 is 16.2 Å². The molecule has 0 saturated heterocycles. The molecule has 1 aromatic rings. The third-order valence-corrected chi connectivity index (χ3v) is 4.33. The molecule has 1 aliphatic rings. The van der Waals surface area contributed by atoms with E-state index in [2.05, 4.69) is 12.2 Å². The maximum absolute atomic E-state index is 13.7. The Balaban J connectivity index is 2.01. The summed E-state index contributed by atoms with van der Waals surface area (Å²) < 4.78 is 26.8. The van der Waals surface area contributed by atoms with Gasteiger partial charge in [-0.15, -0.1) is 0 Å². The van der Waals surface area contributed by atoms with Crippen LogP contribution in [0.25, 0.3) is 0 Å². The Bertz CT molecular complexity index is 471. The van der Waals surface area contributed by atoms with Gasteiger partial charge in [-0.2, -0.15) is 0 Å². The first-order chi connectivity index (χ1) is 9.45. The minimum absolute atomic E-state index is 0.0592. The van der Waals surface area contributed by atoms with Crippen molar-refractivity contribution >= 4 is 11.4 Å². The highest BCUT2D eigenvalue weighted by Gasteiger charge is 2.32. The molecule has 1 fully saturated rings. The zero-order chi connectivity index (χ0) is 14.8. The fraction of sp³-hybridized carbons (Fsp3) is 0.600. The highest BCUT2D eigenvalue weighted by Crippen LogP contribution is 2.34. The average Bonchev–Trinajstić information content (AvgIpc) is 2.44. The first kappa shape index (κ1) is 15.0. The summed E-state index contributed by atoms with van der Waals surface area (Å²) in [5.41, 5.74) is 4.87. The number of hydrogen-bond donors (Lipinski definition) is 3. The number of nitrogens with two attached hydrogens (primary N) is 1. The monoisotopic (exact) mass is 284 g/mol. The van der Waals surface area contributed by atoms with E-state index in [0.29, 0.717) is 18.8 Å². The van der Waals surface area contributed by atoms with Gasteiger partial charge in [-0.05, 0) is 43.7 Å². The van der Waals surface area contributed by atoms with Crippen LogP contribution >= 0.6 is 0 Å². The molecule has 2 rings (SSSR count). The molecule has 0 unspecified atom stereocenters. The predicted molar refractivity (Wildman–Crippen MR) is 76.5 cm³/mol. The Morgan fingerprint density at radius 3 is 2.60 bits per heavy atom. The van der Waals surface area contributed by atoms with Crippen LogP contribution in [0.1, 0.15) is 39.0 Å². The van der Waals surface area contributed by atoms with Crippen molar-refractivity contribution in [2.45, 2.75) is 44.6 Å². The van der Waals surface area contributed by atoms with Crippen LogP contribution in [0.2, 0.25) is 0 Å². The second-order valence-corrected chi connectivity index (χ2v) is 5.76. The summed E-state index contributed by atoms with van der Waals surface area (Å²) in [6, 6.07) is 2.32. The average molecular weight is 284 g/mol. The topological polar surface area (TPSA) is 58.3 Å². The molecular formula is C15H22F2N2O. The van der Waals surface area contributed by atoms with Crippen molar-refractivity contribution < 1.29 is 13.9 Å². The van der Waals surface area contributed by atoms with E-state index < -0.39 is 17.2 Å². The van der Waals surface area contributed by atoms with Crippen molar-refractivity contribution in [3.8, 4) is 0 Å². The molecule has 112 valence electrons. The molecule has 1 aliphatic carbocycles. The first-order valence-corrected chi connectivity index (χ1v) is 7.15. The van der Waals surface area contributed by atoms with Gasteiger partial charge in [0.2, 0.25) is 0 Å². The second-order valence-electron chi connectivity index (χ2n) is 5.76. The first-order valence-electron chi connectivity index (χ1n) is 7.15. The number of hydrogen-bond acceptors (Lipinski definition) is 3. The van der Waals surface area contributed by atoms with Crippen molar-refractivity contribution in [2.75, 3.05) is 17.6 Å². The van der Waals surface area contributed by atoms with Crippen molar-refractivity contribution in [1.82, 2.24) is 0 Å². The van der Waals surface area contributed by atoms with Crippen molar-refractivity contribution in [3.05, 3.63) is 23.8 Å². The van der Waals surface area contributed by atoms with E-state index in [-0.39, 0.29) is 17.9 Å². The summed E-state index contributed by atoms with van der Waals surface area (Å²) in [6.07, 6.45) is 4.41. The van der Waals surface area contributed by atoms with Gasteiger partial charge in [0.15, 0.2) is 11.6 Å². The van der Waals surface area contributed by atoms with Crippen LogP contribution in [0.3, 0.4) is 0 Å². The number of aliphatic hydroxyl groups is 1. The molecule has 0 heterocycles. The highest BCUT2D eigenvalue weighted by molar-refractivity contribution is 5.66. The molecule has 0 amide bonds. The number of halogens is 2. The molecule has 0 aromatic heterocycles. The molecule has 1 saturated carbocycles. The maximum atomic E-state index is 13.7. The van der Waals surface area contributed by atoms with Crippen molar-refractivity contribution in [1.29, 1.82) is 0 Å². The van der Waals surface area contributed by atoms with E-state index in [9.17, 15) is 13.9 Å². The Hall–Kier alpha value is -1.36. The Morgan fingerprint density at radius 1 is 1.35 bits per heavy atom. The van der Waals surface area contributed by atoms with E-state index in [1.54, 1.807) is 0 Å². The summed E-state index contributed by atoms with van der Waals surface area (Å²) in [5, 5.41) is 13.3. The summed E-state index contributed by atoms with van der Waals surface area (Å²) in [6.45, 7) is 2.34. The third kappa shape index (κ3) is 3.20. The van der Waals surface area contributed by atoms with Gasteiger partial charge in [0, 0.05) is 6.54 Å². The van der Waals surface area contributed by atoms with Gasteiger partial charge in [0.1, 0.15) is 0 Å². The SMILES string of the molecule is CCC1CCC(O)(CNc2c(N)ccc(F)c2F)CC1. The van der Waals surface area contributed by atoms with Gasteiger partial charge >= 0.3 is 0 Å². The summed E-state index contributed by atoms with van der Waals surface area (Å²) in [7, 11) is 0. The lowest BCUT2D eigenvalue weighted by atomic mass is 9.78. The molecule has 0 spiro atoms. The van der Waals surface area contributed by atoms with Crippen LogP contribution < -0.4 is 11.1 Å². The van der Waals surface area contributed by atoms with E-state index in [0.717, 1.165) is 25.3 Å². The molecule has 0 bridgehead atoms. The quantitative estimate of drug-likeness (QED) is 0.744. The Kier molecular flexibility index (Phi) is 4.48. The fourth-order valence-corrected chi connectivity index (χ4v) is 2.80. The number of rotatable bonds is 4. The van der Waals surface area contributed by atoms with Crippen LogP contribution in [-0.2, 0) is 0 Å². The Labute approximate surface area is 118 Å². The maximum Gasteiger partial charge on any atom is 0.183 e. The zero-order valence-electron chi connectivity index (χ0n) is 11.8. The zero-order valence-corrected chi connectivity index (χ0v) is 11.8. The molecule has 3 nitrogen and oxygen atoms in total. The molecule has 5 heteroatoms. The summed E-state index contributed by atoms with van der Waals surface area (Å²) in [4.78, 5) is 0. The highest BCUT2D eigenvalue weighted by atomic mass is 19.2. The molecule has 0 radical (unpaired) electrons. The number of nitrogen functional groups attached to an aromatic ring is 1. The van der Waals surface area contributed by atoms with E-state index in [4.69, 9.17) is 5.73 Å². The largest absolute Gasteiger partial charge is 0.397 e. The molecular weight excluding hydrogens is 262 g/mol. The van der Waals surface area contributed by atoms with Crippen LogP contribution in [-0.4, -0.2) is 17.3 Å². The number of anilines is 2. The van der Waals surface area contributed by atoms with Gasteiger partial charge in [-0.25, -0.2) is 8.78 Å². The minimum Gasteiger partial charge on any atom is -0.397 e. The number of benzene rings is 1.